The summed E-state index contributed by atoms with van der Waals surface area (Å²) in [4.78, 5) is 15.3. The lowest BCUT2D eigenvalue weighted by molar-refractivity contribution is 0.0881. The molecular weight excluding hydrogens is 288 g/mol. The fourth-order valence-corrected chi connectivity index (χ4v) is 4.61. The van der Waals surface area contributed by atoms with Crippen molar-refractivity contribution in [2.45, 2.75) is 69.7 Å². The van der Waals surface area contributed by atoms with Gasteiger partial charge in [-0.1, -0.05) is 6.07 Å². The van der Waals surface area contributed by atoms with E-state index in [4.69, 9.17) is 4.74 Å². The van der Waals surface area contributed by atoms with Crippen LogP contribution in [0.1, 0.15) is 55.5 Å². The predicted octanol–water partition coefficient (Wildman–Crippen LogP) is 2.76. The standard InChI is InChI=1S/C19H26N2O2/c1-19(2)11-16-15(5-4-6-17(16)23-19)18(22)20-12-9-13-7-8-14(10-12)21(13)3/h4-6,12-14H,7-11H2,1-3H3,(H,20,22)/t12?,13-,14+. The third-order valence-electron chi connectivity index (χ3n) is 5.80. The Morgan fingerprint density at radius 1 is 1.26 bits per heavy atom. The van der Waals surface area contributed by atoms with E-state index < -0.39 is 0 Å². The minimum absolute atomic E-state index is 0.0668. The van der Waals surface area contributed by atoms with Gasteiger partial charge in [0.15, 0.2) is 0 Å². The Bertz CT molecular complexity index is 626. The van der Waals surface area contributed by atoms with E-state index in [1.807, 2.05) is 18.2 Å². The van der Waals surface area contributed by atoms with Gasteiger partial charge in [0.1, 0.15) is 11.4 Å². The van der Waals surface area contributed by atoms with Gasteiger partial charge in [0.05, 0.1) is 0 Å². The van der Waals surface area contributed by atoms with Crippen molar-refractivity contribution in [3.8, 4) is 5.75 Å². The molecule has 3 aliphatic rings. The van der Waals surface area contributed by atoms with Crippen molar-refractivity contribution < 1.29 is 9.53 Å². The molecule has 4 nitrogen and oxygen atoms in total. The molecule has 4 rings (SSSR count). The largest absolute Gasteiger partial charge is 0.487 e. The van der Waals surface area contributed by atoms with Crippen LogP contribution in [0.2, 0.25) is 0 Å². The highest BCUT2D eigenvalue weighted by atomic mass is 16.5. The van der Waals surface area contributed by atoms with Crippen LogP contribution < -0.4 is 10.1 Å². The van der Waals surface area contributed by atoms with Gasteiger partial charge < -0.3 is 15.0 Å². The number of nitrogens with zero attached hydrogens (tertiary/aromatic N) is 1. The van der Waals surface area contributed by atoms with E-state index in [2.05, 4.69) is 31.1 Å². The predicted molar refractivity (Wildman–Crippen MR) is 89.9 cm³/mol. The van der Waals surface area contributed by atoms with Crippen LogP contribution in [0, 0.1) is 0 Å². The summed E-state index contributed by atoms with van der Waals surface area (Å²) in [7, 11) is 2.23. The molecule has 2 saturated heterocycles. The van der Waals surface area contributed by atoms with E-state index >= 15 is 0 Å². The number of nitrogens with one attached hydrogen (secondary N) is 1. The second kappa shape index (κ2) is 5.23. The Morgan fingerprint density at radius 3 is 2.65 bits per heavy atom. The molecular formula is C19H26N2O2. The molecule has 1 amide bonds. The van der Waals surface area contributed by atoms with Crippen molar-refractivity contribution in [2.24, 2.45) is 0 Å². The molecule has 3 heterocycles. The lowest BCUT2D eigenvalue weighted by Crippen LogP contribution is -2.48. The molecule has 0 saturated carbocycles. The lowest BCUT2D eigenvalue weighted by atomic mass is 9.95. The number of carbonyl (C=O) groups excluding carboxylic acids is 1. The van der Waals surface area contributed by atoms with Crippen molar-refractivity contribution in [1.82, 2.24) is 10.2 Å². The fraction of sp³-hybridized carbons (Fsp3) is 0.632. The van der Waals surface area contributed by atoms with E-state index in [0.717, 1.165) is 36.1 Å². The van der Waals surface area contributed by atoms with Crippen LogP contribution in [0.3, 0.4) is 0 Å². The molecule has 1 unspecified atom stereocenters. The first-order chi connectivity index (χ1) is 10.9. The van der Waals surface area contributed by atoms with Crippen LogP contribution in [-0.2, 0) is 6.42 Å². The lowest BCUT2D eigenvalue weighted by Gasteiger charge is -2.36. The van der Waals surface area contributed by atoms with Gasteiger partial charge in [0, 0.05) is 35.7 Å². The molecule has 1 aromatic carbocycles. The number of benzene rings is 1. The van der Waals surface area contributed by atoms with Crippen molar-refractivity contribution >= 4 is 5.91 Å². The number of amides is 1. The number of hydrogen-bond donors (Lipinski definition) is 1. The van der Waals surface area contributed by atoms with Crippen LogP contribution in [-0.4, -0.2) is 41.6 Å². The minimum Gasteiger partial charge on any atom is -0.487 e. The average molecular weight is 314 g/mol. The molecule has 4 heteroatoms. The van der Waals surface area contributed by atoms with Gasteiger partial charge in [-0.3, -0.25) is 4.79 Å². The SMILES string of the molecule is CN1[C@@H]2CC[C@H]1CC(NC(=O)c1cccc3c1CC(C)(C)O3)C2. The van der Waals surface area contributed by atoms with Crippen LogP contribution in [0.4, 0.5) is 0 Å². The first-order valence-corrected chi connectivity index (χ1v) is 8.77. The molecule has 3 aliphatic heterocycles. The maximum absolute atomic E-state index is 12.8. The molecule has 2 bridgehead atoms. The van der Waals surface area contributed by atoms with Gasteiger partial charge in [-0.15, -0.1) is 0 Å². The topological polar surface area (TPSA) is 41.6 Å². The van der Waals surface area contributed by atoms with E-state index in [1.165, 1.54) is 12.8 Å². The van der Waals surface area contributed by atoms with Gasteiger partial charge in [-0.05, 0) is 58.7 Å². The highest BCUT2D eigenvalue weighted by Gasteiger charge is 2.39. The van der Waals surface area contributed by atoms with E-state index in [9.17, 15) is 4.79 Å². The van der Waals surface area contributed by atoms with Gasteiger partial charge in [0.2, 0.25) is 0 Å². The fourth-order valence-electron chi connectivity index (χ4n) is 4.61. The number of fused-ring (bicyclic) bond motifs is 3. The molecule has 23 heavy (non-hydrogen) atoms. The zero-order valence-electron chi connectivity index (χ0n) is 14.3. The summed E-state index contributed by atoms with van der Waals surface area (Å²) >= 11 is 0. The number of carbonyl (C=O) groups is 1. The van der Waals surface area contributed by atoms with Crippen molar-refractivity contribution in [2.75, 3.05) is 7.05 Å². The van der Waals surface area contributed by atoms with E-state index in [-0.39, 0.29) is 11.5 Å². The first kappa shape index (κ1) is 15.0. The molecule has 1 N–H and O–H groups in total. The summed E-state index contributed by atoms with van der Waals surface area (Å²) in [6, 6.07) is 7.42. The van der Waals surface area contributed by atoms with Crippen molar-refractivity contribution in [3.63, 3.8) is 0 Å². The second-order valence-electron chi connectivity index (χ2n) is 8.01. The van der Waals surface area contributed by atoms with Crippen molar-refractivity contribution in [3.05, 3.63) is 29.3 Å². The van der Waals surface area contributed by atoms with Gasteiger partial charge >= 0.3 is 0 Å². The molecule has 0 aliphatic carbocycles. The summed E-state index contributed by atoms with van der Waals surface area (Å²) in [5.41, 5.74) is 1.64. The molecule has 3 atom stereocenters. The number of hydrogen-bond acceptors (Lipinski definition) is 3. The second-order valence-corrected chi connectivity index (χ2v) is 8.01. The normalized spacial score (nSPS) is 31.5. The minimum atomic E-state index is -0.217. The molecule has 0 aromatic heterocycles. The maximum atomic E-state index is 12.8. The highest BCUT2D eigenvalue weighted by Crippen LogP contribution is 2.37. The molecule has 0 spiro atoms. The molecule has 2 fully saturated rings. The van der Waals surface area contributed by atoms with Gasteiger partial charge in [-0.2, -0.15) is 0 Å². The van der Waals surface area contributed by atoms with E-state index in [0.29, 0.717) is 18.1 Å². The monoisotopic (exact) mass is 314 g/mol. The summed E-state index contributed by atoms with van der Waals surface area (Å²) in [6.07, 6.45) is 5.50. The summed E-state index contributed by atoms with van der Waals surface area (Å²) in [5.74, 6) is 0.934. The average Bonchev–Trinajstić information content (AvgIpc) is 2.88. The van der Waals surface area contributed by atoms with Crippen LogP contribution in [0.5, 0.6) is 5.75 Å². The van der Waals surface area contributed by atoms with E-state index in [1.54, 1.807) is 0 Å². The third-order valence-corrected chi connectivity index (χ3v) is 5.80. The maximum Gasteiger partial charge on any atom is 0.251 e. The van der Waals surface area contributed by atoms with Crippen LogP contribution >= 0.6 is 0 Å². The highest BCUT2D eigenvalue weighted by molar-refractivity contribution is 5.96. The smallest absolute Gasteiger partial charge is 0.251 e. The van der Waals surface area contributed by atoms with Crippen LogP contribution in [0.25, 0.3) is 0 Å². The number of ether oxygens (including phenoxy) is 1. The number of piperidine rings is 1. The Labute approximate surface area is 138 Å². The summed E-state index contributed by atoms with van der Waals surface area (Å²) < 4.78 is 5.95. The molecule has 1 aromatic rings. The van der Waals surface area contributed by atoms with Crippen molar-refractivity contribution in [1.29, 1.82) is 0 Å². The van der Waals surface area contributed by atoms with Crippen LogP contribution in [0.15, 0.2) is 18.2 Å². The first-order valence-electron chi connectivity index (χ1n) is 8.77. The zero-order valence-corrected chi connectivity index (χ0v) is 14.3. The Morgan fingerprint density at radius 2 is 1.96 bits per heavy atom. The number of rotatable bonds is 2. The Hall–Kier alpha value is -1.55. The molecule has 0 radical (unpaired) electrons. The summed E-state index contributed by atoms with van der Waals surface area (Å²) in [6.45, 7) is 4.15. The Balaban J connectivity index is 1.50. The third kappa shape index (κ3) is 2.63. The molecule has 124 valence electrons. The van der Waals surface area contributed by atoms with Gasteiger partial charge in [-0.25, -0.2) is 0 Å². The quantitative estimate of drug-likeness (QED) is 0.912. The Kier molecular flexibility index (Phi) is 3.41. The van der Waals surface area contributed by atoms with Gasteiger partial charge in [0.25, 0.3) is 5.91 Å². The summed E-state index contributed by atoms with van der Waals surface area (Å²) in [5, 5.41) is 3.29. The zero-order chi connectivity index (χ0) is 16.2.